The molecular weight excluding hydrogens is 258 g/mol. The summed E-state index contributed by atoms with van der Waals surface area (Å²) in [5, 5.41) is 8.51. The van der Waals surface area contributed by atoms with Crippen molar-refractivity contribution in [2.75, 3.05) is 6.54 Å². The van der Waals surface area contributed by atoms with Crippen LogP contribution in [-0.2, 0) is 13.6 Å². The molecule has 0 bridgehead atoms. The molecular formula is C15H20ClN3. The van der Waals surface area contributed by atoms with Crippen LogP contribution in [0.3, 0.4) is 0 Å². The van der Waals surface area contributed by atoms with E-state index >= 15 is 0 Å². The van der Waals surface area contributed by atoms with E-state index in [1.807, 2.05) is 30.1 Å². The summed E-state index contributed by atoms with van der Waals surface area (Å²) < 4.78 is 1.89. The number of aryl methyl sites for hydroxylation is 1. The summed E-state index contributed by atoms with van der Waals surface area (Å²) in [4.78, 5) is 0. The monoisotopic (exact) mass is 277 g/mol. The minimum atomic E-state index is 0.762. The topological polar surface area (TPSA) is 29.9 Å². The number of rotatable bonds is 5. The van der Waals surface area contributed by atoms with Gasteiger partial charge in [-0.2, -0.15) is 5.10 Å². The maximum atomic E-state index is 6.14. The Bertz CT molecular complexity index is 561. The van der Waals surface area contributed by atoms with E-state index in [1.165, 1.54) is 11.1 Å². The molecule has 0 aliphatic carbocycles. The molecule has 0 radical (unpaired) electrons. The Morgan fingerprint density at radius 2 is 2.11 bits per heavy atom. The van der Waals surface area contributed by atoms with Gasteiger partial charge < -0.3 is 5.32 Å². The van der Waals surface area contributed by atoms with Crippen molar-refractivity contribution in [1.82, 2.24) is 15.1 Å². The summed E-state index contributed by atoms with van der Waals surface area (Å²) in [6.45, 7) is 6.12. The lowest BCUT2D eigenvalue weighted by atomic mass is 10.0. The minimum Gasteiger partial charge on any atom is -0.313 e. The van der Waals surface area contributed by atoms with E-state index in [1.54, 1.807) is 0 Å². The first-order valence-corrected chi connectivity index (χ1v) is 6.99. The second-order valence-corrected chi connectivity index (χ2v) is 5.18. The van der Waals surface area contributed by atoms with E-state index in [4.69, 9.17) is 11.6 Å². The lowest BCUT2D eigenvalue weighted by Crippen LogP contribution is -2.14. The zero-order valence-electron chi connectivity index (χ0n) is 11.7. The third-order valence-corrected chi connectivity index (χ3v) is 3.57. The van der Waals surface area contributed by atoms with Gasteiger partial charge in [-0.05, 0) is 43.1 Å². The van der Waals surface area contributed by atoms with Crippen LogP contribution in [0, 0.1) is 6.92 Å². The molecule has 0 saturated heterocycles. The number of hydrogen-bond donors (Lipinski definition) is 1. The van der Waals surface area contributed by atoms with E-state index in [0.717, 1.165) is 35.8 Å². The zero-order valence-corrected chi connectivity index (χ0v) is 12.5. The van der Waals surface area contributed by atoms with Crippen molar-refractivity contribution >= 4 is 11.6 Å². The Balaban J connectivity index is 2.37. The summed E-state index contributed by atoms with van der Waals surface area (Å²) in [7, 11) is 1.96. The molecule has 19 heavy (non-hydrogen) atoms. The largest absolute Gasteiger partial charge is 0.313 e. The first-order valence-electron chi connectivity index (χ1n) is 6.61. The van der Waals surface area contributed by atoms with Crippen LogP contribution in [0.4, 0.5) is 0 Å². The molecule has 0 aliphatic rings. The Morgan fingerprint density at radius 3 is 2.74 bits per heavy atom. The molecule has 0 fully saturated rings. The molecule has 2 aromatic rings. The van der Waals surface area contributed by atoms with E-state index in [2.05, 4.69) is 30.3 Å². The third-order valence-electron chi connectivity index (χ3n) is 3.34. The van der Waals surface area contributed by atoms with Crippen LogP contribution in [0.1, 0.15) is 24.6 Å². The van der Waals surface area contributed by atoms with Crippen molar-refractivity contribution in [2.24, 2.45) is 7.05 Å². The highest BCUT2D eigenvalue weighted by atomic mass is 35.5. The SMILES string of the molecule is CCCNCc1ccc(Cl)cc1-c1cnn(C)c1C. The van der Waals surface area contributed by atoms with Gasteiger partial charge in [0.05, 0.1) is 6.20 Å². The maximum Gasteiger partial charge on any atom is 0.0571 e. The van der Waals surface area contributed by atoms with Crippen LogP contribution < -0.4 is 5.32 Å². The number of aromatic nitrogens is 2. The van der Waals surface area contributed by atoms with Gasteiger partial charge in [0, 0.05) is 29.9 Å². The molecule has 4 heteroatoms. The molecule has 0 spiro atoms. The highest BCUT2D eigenvalue weighted by Crippen LogP contribution is 2.29. The number of nitrogens with zero attached hydrogens (tertiary/aromatic N) is 2. The first kappa shape index (κ1) is 14.1. The molecule has 102 valence electrons. The zero-order chi connectivity index (χ0) is 13.8. The lowest BCUT2D eigenvalue weighted by molar-refractivity contribution is 0.676. The van der Waals surface area contributed by atoms with Crippen molar-refractivity contribution in [3.63, 3.8) is 0 Å². The molecule has 1 N–H and O–H groups in total. The first-order chi connectivity index (χ1) is 9.13. The van der Waals surface area contributed by atoms with Crippen LogP contribution in [0.5, 0.6) is 0 Å². The van der Waals surface area contributed by atoms with Gasteiger partial charge in [0.2, 0.25) is 0 Å². The highest BCUT2D eigenvalue weighted by Gasteiger charge is 2.11. The van der Waals surface area contributed by atoms with Crippen LogP contribution in [-0.4, -0.2) is 16.3 Å². The van der Waals surface area contributed by atoms with Crippen LogP contribution >= 0.6 is 11.6 Å². The van der Waals surface area contributed by atoms with Crippen molar-refractivity contribution in [2.45, 2.75) is 26.8 Å². The standard InChI is InChI=1S/C15H20ClN3/c1-4-7-17-9-12-5-6-13(16)8-14(12)15-10-18-19(3)11(15)2/h5-6,8,10,17H,4,7,9H2,1-3H3. The molecule has 0 amide bonds. The number of benzene rings is 1. The summed E-state index contributed by atoms with van der Waals surface area (Å²) in [6.07, 6.45) is 3.04. The van der Waals surface area contributed by atoms with E-state index in [0.29, 0.717) is 0 Å². The predicted molar refractivity (Wildman–Crippen MR) is 80.4 cm³/mol. The molecule has 3 nitrogen and oxygen atoms in total. The summed E-state index contributed by atoms with van der Waals surface area (Å²) >= 11 is 6.14. The molecule has 1 heterocycles. The van der Waals surface area contributed by atoms with Gasteiger partial charge in [0.25, 0.3) is 0 Å². The number of halogens is 1. The van der Waals surface area contributed by atoms with Crippen LogP contribution in [0.15, 0.2) is 24.4 Å². The number of hydrogen-bond acceptors (Lipinski definition) is 2. The average molecular weight is 278 g/mol. The second-order valence-electron chi connectivity index (χ2n) is 4.75. The van der Waals surface area contributed by atoms with E-state index in [-0.39, 0.29) is 0 Å². The maximum absolute atomic E-state index is 6.14. The van der Waals surface area contributed by atoms with Gasteiger partial charge in [-0.1, -0.05) is 24.6 Å². The highest BCUT2D eigenvalue weighted by molar-refractivity contribution is 6.30. The van der Waals surface area contributed by atoms with Crippen LogP contribution in [0.2, 0.25) is 5.02 Å². The molecule has 0 aliphatic heterocycles. The second kappa shape index (κ2) is 6.22. The van der Waals surface area contributed by atoms with Crippen LogP contribution in [0.25, 0.3) is 11.1 Å². The van der Waals surface area contributed by atoms with Gasteiger partial charge >= 0.3 is 0 Å². The molecule has 0 unspecified atom stereocenters. The summed E-state index contributed by atoms with van der Waals surface area (Å²) in [5.41, 5.74) is 4.73. The molecule has 1 aromatic carbocycles. The van der Waals surface area contributed by atoms with Gasteiger partial charge in [0.15, 0.2) is 0 Å². The van der Waals surface area contributed by atoms with Gasteiger partial charge in [-0.3, -0.25) is 4.68 Å². The average Bonchev–Trinajstić information content (AvgIpc) is 2.72. The van der Waals surface area contributed by atoms with Crippen molar-refractivity contribution in [1.29, 1.82) is 0 Å². The quantitative estimate of drug-likeness (QED) is 0.847. The third kappa shape index (κ3) is 3.17. The Morgan fingerprint density at radius 1 is 1.32 bits per heavy atom. The predicted octanol–water partition coefficient (Wildman–Crippen LogP) is 3.55. The van der Waals surface area contributed by atoms with Crippen molar-refractivity contribution < 1.29 is 0 Å². The Kier molecular flexibility index (Phi) is 4.61. The summed E-state index contributed by atoms with van der Waals surface area (Å²) in [6, 6.07) is 6.06. The molecule has 0 saturated carbocycles. The van der Waals surface area contributed by atoms with Gasteiger partial charge in [-0.25, -0.2) is 0 Å². The molecule has 2 rings (SSSR count). The molecule has 0 atom stereocenters. The Labute approximate surface area is 119 Å². The minimum absolute atomic E-state index is 0.762. The smallest absolute Gasteiger partial charge is 0.0571 e. The molecule has 1 aromatic heterocycles. The lowest BCUT2D eigenvalue weighted by Gasteiger charge is -2.11. The van der Waals surface area contributed by atoms with Crippen molar-refractivity contribution in [3.05, 3.63) is 40.7 Å². The van der Waals surface area contributed by atoms with E-state index in [9.17, 15) is 0 Å². The van der Waals surface area contributed by atoms with Gasteiger partial charge in [-0.15, -0.1) is 0 Å². The van der Waals surface area contributed by atoms with E-state index < -0.39 is 0 Å². The Hall–Kier alpha value is -1.32. The summed E-state index contributed by atoms with van der Waals surface area (Å²) in [5.74, 6) is 0. The fraction of sp³-hybridized carbons (Fsp3) is 0.400. The fourth-order valence-electron chi connectivity index (χ4n) is 2.12. The van der Waals surface area contributed by atoms with Crippen molar-refractivity contribution in [3.8, 4) is 11.1 Å². The van der Waals surface area contributed by atoms with Gasteiger partial charge in [0.1, 0.15) is 0 Å². The fourth-order valence-corrected chi connectivity index (χ4v) is 2.29. The normalized spacial score (nSPS) is 10.9. The number of nitrogens with one attached hydrogen (secondary N) is 1.